The molecule has 1 aromatic carbocycles. The van der Waals surface area contributed by atoms with Crippen LogP contribution in [0.5, 0.6) is 5.75 Å². The maximum absolute atomic E-state index is 12.0. The minimum atomic E-state index is -0.617. The third kappa shape index (κ3) is 4.22. The summed E-state index contributed by atoms with van der Waals surface area (Å²) in [5, 5.41) is 10.8. The van der Waals surface area contributed by atoms with Crippen LogP contribution in [-0.4, -0.2) is 51.3 Å². The summed E-state index contributed by atoms with van der Waals surface area (Å²) in [6, 6.07) is 4.13. The molecule has 1 aliphatic rings. The summed E-state index contributed by atoms with van der Waals surface area (Å²) < 4.78 is 7.39. The minimum Gasteiger partial charge on any atom is -0.495 e. The number of ether oxygens (including phenoxy) is 1. The monoisotopic (exact) mass is 436 g/mol. The second-order valence-corrected chi connectivity index (χ2v) is 7.87. The van der Waals surface area contributed by atoms with Gasteiger partial charge in [-0.1, -0.05) is 0 Å². The summed E-state index contributed by atoms with van der Waals surface area (Å²) >= 11 is 0. The lowest BCUT2D eigenvalue weighted by atomic mass is 9.99. The molecule has 0 aliphatic carbocycles. The van der Waals surface area contributed by atoms with E-state index in [-0.39, 0.29) is 5.56 Å². The number of likely N-dealkylation sites (N-methyl/N-ethyl adjacent to an activating group) is 1. The van der Waals surface area contributed by atoms with Crippen LogP contribution >= 0.6 is 0 Å². The Kier molecular flexibility index (Phi) is 5.95. The molecule has 2 aromatic heterocycles. The van der Waals surface area contributed by atoms with E-state index in [0.717, 1.165) is 36.6 Å². The lowest BCUT2D eigenvalue weighted by Crippen LogP contribution is -2.26. The van der Waals surface area contributed by atoms with Crippen molar-refractivity contribution in [2.45, 2.75) is 33.4 Å². The first kappa shape index (κ1) is 21.6. The number of hydrogen-bond acceptors (Lipinski definition) is 8. The van der Waals surface area contributed by atoms with Gasteiger partial charge in [0, 0.05) is 31.4 Å². The molecule has 3 aromatic rings. The first-order valence-corrected chi connectivity index (χ1v) is 10.5. The largest absolute Gasteiger partial charge is 0.495 e. The van der Waals surface area contributed by atoms with E-state index in [9.17, 15) is 4.79 Å². The van der Waals surface area contributed by atoms with Crippen LogP contribution in [0.25, 0.3) is 0 Å². The molecule has 10 heteroatoms. The van der Waals surface area contributed by atoms with Crippen molar-refractivity contribution in [2.75, 3.05) is 31.3 Å². The number of rotatable bonds is 7. The summed E-state index contributed by atoms with van der Waals surface area (Å²) in [7, 11) is 3.74. The molecule has 0 saturated heterocycles. The smallest absolute Gasteiger partial charge is 0.254 e. The lowest BCUT2D eigenvalue weighted by molar-refractivity contribution is 0.100. The number of hydrogen-bond donors (Lipinski definition) is 3. The van der Waals surface area contributed by atoms with Gasteiger partial charge in [-0.3, -0.25) is 4.79 Å². The van der Waals surface area contributed by atoms with Crippen LogP contribution in [0, 0.1) is 6.92 Å². The summed E-state index contributed by atoms with van der Waals surface area (Å²) in [5.74, 6) is 1.47. The van der Waals surface area contributed by atoms with Crippen LogP contribution in [-0.2, 0) is 19.5 Å². The Labute approximate surface area is 186 Å². The molecule has 0 unspecified atom stereocenters. The maximum Gasteiger partial charge on any atom is 0.254 e. The molecule has 32 heavy (non-hydrogen) atoms. The van der Waals surface area contributed by atoms with Crippen molar-refractivity contribution in [3.8, 4) is 5.75 Å². The van der Waals surface area contributed by atoms with Crippen molar-refractivity contribution in [3.05, 3.63) is 46.8 Å². The molecule has 3 heterocycles. The van der Waals surface area contributed by atoms with Crippen LogP contribution < -0.4 is 21.1 Å². The van der Waals surface area contributed by atoms with E-state index in [1.165, 1.54) is 17.3 Å². The number of primary amides is 1. The third-order valence-corrected chi connectivity index (χ3v) is 5.58. The minimum absolute atomic E-state index is 0.192. The molecule has 0 bridgehead atoms. The maximum atomic E-state index is 12.0. The average Bonchev–Trinajstić information content (AvgIpc) is 3.12. The van der Waals surface area contributed by atoms with Gasteiger partial charge in [0.1, 0.15) is 22.9 Å². The number of fused-ring (bicyclic) bond motifs is 1. The van der Waals surface area contributed by atoms with Gasteiger partial charge in [-0.15, -0.1) is 0 Å². The van der Waals surface area contributed by atoms with Gasteiger partial charge < -0.3 is 26.0 Å². The van der Waals surface area contributed by atoms with Gasteiger partial charge in [0.2, 0.25) is 5.95 Å². The number of anilines is 4. The Balaban J connectivity index is 1.69. The highest BCUT2D eigenvalue weighted by atomic mass is 16.5. The van der Waals surface area contributed by atoms with Crippen LogP contribution in [0.15, 0.2) is 24.5 Å². The number of aromatic nitrogens is 4. The van der Waals surface area contributed by atoms with E-state index in [2.05, 4.69) is 49.8 Å². The number of nitrogens with one attached hydrogen (secondary N) is 2. The van der Waals surface area contributed by atoms with E-state index in [4.69, 9.17) is 10.5 Å². The molecule has 10 nitrogen and oxygen atoms in total. The molecular weight excluding hydrogens is 408 g/mol. The first-order chi connectivity index (χ1) is 15.4. The van der Waals surface area contributed by atoms with Crippen molar-refractivity contribution < 1.29 is 9.53 Å². The van der Waals surface area contributed by atoms with Crippen molar-refractivity contribution in [2.24, 2.45) is 5.73 Å². The fourth-order valence-corrected chi connectivity index (χ4v) is 3.83. The van der Waals surface area contributed by atoms with Crippen molar-refractivity contribution in [1.82, 2.24) is 24.6 Å². The second-order valence-electron chi connectivity index (χ2n) is 7.87. The molecule has 0 fully saturated rings. The Morgan fingerprint density at radius 1 is 1.25 bits per heavy atom. The van der Waals surface area contributed by atoms with E-state index < -0.39 is 5.91 Å². The first-order valence-electron chi connectivity index (χ1n) is 10.5. The standard InChI is InChI=1S/C22H28N8O2/c1-5-30-21(13(2)10-25-30)27-20-16(19(23)31)11-24-22(28-20)26-17-8-15-12-29(3)7-6-14(15)9-18(17)32-4/h8-11H,5-7,12H2,1-4H3,(H2,23,31)(H2,24,26,27,28). The van der Waals surface area contributed by atoms with Gasteiger partial charge in [-0.2, -0.15) is 10.1 Å². The number of amides is 1. The quantitative estimate of drug-likeness (QED) is 0.516. The highest BCUT2D eigenvalue weighted by molar-refractivity contribution is 5.98. The van der Waals surface area contributed by atoms with Crippen LogP contribution in [0.1, 0.15) is 34.0 Å². The number of methoxy groups -OCH3 is 1. The van der Waals surface area contributed by atoms with Gasteiger partial charge in [0.25, 0.3) is 5.91 Å². The molecule has 0 saturated carbocycles. The Morgan fingerprint density at radius 3 is 2.78 bits per heavy atom. The highest BCUT2D eigenvalue weighted by Gasteiger charge is 2.19. The molecule has 1 aliphatic heterocycles. The van der Waals surface area contributed by atoms with Gasteiger partial charge >= 0.3 is 0 Å². The van der Waals surface area contributed by atoms with E-state index in [1.807, 2.05) is 13.8 Å². The molecular formula is C22H28N8O2. The number of carbonyl (C=O) groups excluding carboxylic acids is 1. The summed E-state index contributed by atoms with van der Waals surface area (Å²) in [6.07, 6.45) is 4.15. The number of carbonyl (C=O) groups is 1. The highest BCUT2D eigenvalue weighted by Crippen LogP contribution is 2.33. The van der Waals surface area contributed by atoms with Crippen LogP contribution in [0.2, 0.25) is 0 Å². The topological polar surface area (TPSA) is 123 Å². The molecule has 0 radical (unpaired) electrons. The lowest BCUT2D eigenvalue weighted by Gasteiger charge is -2.26. The van der Waals surface area contributed by atoms with Gasteiger partial charge in [-0.05, 0) is 50.6 Å². The van der Waals surface area contributed by atoms with Crippen molar-refractivity contribution in [1.29, 1.82) is 0 Å². The molecule has 168 valence electrons. The average molecular weight is 437 g/mol. The fraction of sp³-hybridized carbons (Fsp3) is 0.364. The van der Waals surface area contributed by atoms with E-state index in [0.29, 0.717) is 24.1 Å². The van der Waals surface area contributed by atoms with Crippen molar-refractivity contribution in [3.63, 3.8) is 0 Å². The molecule has 4 rings (SSSR count). The predicted octanol–water partition coefficient (Wildman–Crippen LogP) is 2.58. The molecule has 0 spiro atoms. The Morgan fingerprint density at radius 2 is 2.06 bits per heavy atom. The zero-order chi connectivity index (χ0) is 22.8. The summed E-state index contributed by atoms with van der Waals surface area (Å²) in [6.45, 7) is 6.46. The number of nitrogens with two attached hydrogens (primary N) is 1. The number of aryl methyl sites for hydroxylation is 2. The molecule has 1 amide bonds. The molecule has 4 N–H and O–H groups in total. The van der Waals surface area contributed by atoms with E-state index >= 15 is 0 Å². The Bertz CT molecular complexity index is 1160. The van der Waals surface area contributed by atoms with Gasteiger partial charge in [0.05, 0.1) is 19.0 Å². The second kappa shape index (κ2) is 8.83. The zero-order valence-corrected chi connectivity index (χ0v) is 18.8. The molecule has 0 atom stereocenters. The zero-order valence-electron chi connectivity index (χ0n) is 18.8. The van der Waals surface area contributed by atoms with Crippen LogP contribution in [0.4, 0.5) is 23.3 Å². The SMILES string of the molecule is CCn1ncc(C)c1Nc1nc(Nc2cc3c(cc2OC)CCN(C)C3)ncc1C(N)=O. The van der Waals surface area contributed by atoms with E-state index in [1.54, 1.807) is 18.0 Å². The van der Waals surface area contributed by atoms with Crippen LogP contribution in [0.3, 0.4) is 0 Å². The summed E-state index contributed by atoms with van der Waals surface area (Å²) in [5.41, 5.74) is 9.95. The summed E-state index contributed by atoms with van der Waals surface area (Å²) in [4.78, 5) is 23.1. The normalized spacial score (nSPS) is 13.5. The Hall–Kier alpha value is -3.66. The number of nitrogens with zero attached hydrogens (tertiary/aromatic N) is 5. The number of benzene rings is 1. The van der Waals surface area contributed by atoms with Gasteiger partial charge in [-0.25, -0.2) is 9.67 Å². The predicted molar refractivity (Wildman–Crippen MR) is 123 cm³/mol. The fourth-order valence-electron chi connectivity index (χ4n) is 3.83. The van der Waals surface area contributed by atoms with Crippen molar-refractivity contribution >= 4 is 29.2 Å². The van der Waals surface area contributed by atoms with Gasteiger partial charge in [0.15, 0.2) is 0 Å². The third-order valence-electron chi connectivity index (χ3n) is 5.58.